The predicted octanol–water partition coefficient (Wildman–Crippen LogP) is 5.28. The third-order valence-electron chi connectivity index (χ3n) is 6.63. The van der Waals surface area contributed by atoms with Crippen molar-refractivity contribution in [2.24, 2.45) is 0 Å². The summed E-state index contributed by atoms with van der Waals surface area (Å²) in [7, 11) is 0. The van der Waals surface area contributed by atoms with E-state index < -0.39 is 0 Å². The Kier molecular flexibility index (Phi) is 4.46. The molecule has 2 aliphatic carbocycles. The van der Waals surface area contributed by atoms with Crippen LogP contribution in [0, 0.1) is 0 Å². The number of benzene rings is 1. The van der Waals surface area contributed by atoms with Gasteiger partial charge in [0.2, 0.25) is 5.82 Å². The smallest absolute Gasteiger partial charge is 0.207 e. The van der Waals surface area contributed by atoms with Crippen LogP contribution in [0.5, 0.6) is 0 Å². The molecular weight excluding hydrogens is 346 g/mol. The van der Waals surface area contributed by atoms with Crippen LogP contribution in [0.25, 0.3) is 22.5 Å². The summed E-state index contributed by atoms with van der Waals surface area (Å²) in [5, 5.41) is 15.4. The number of hydrogen-bond donors (Lipinski definition) is 1. The Balaban J connectivity index is 0.00000205. The molecular formula is C23H29N5. The summed E-state index contributed by atoms with van der Waals surface area (Å²) in [6.07, 6.45) is 10.8. The average molecular weight is 376 g/mol. The first-order valence-electron chi connectivity index (χ1n) is 10.6. The molecule has 1 saturated carbocycles. The highest BCUT2D eigenvalue weighted by Gasteiger charge is 2.38. The summed E-state index contributed by atoms with van der Waals surface area (Å²) in [6.45, 7) is 2.38. The standard InChI is InChI=1S/C23H27N5.H2/c1-23(14-8-9-15-23)21-20(22-25-27-28-26-22)19(16-10-4-2-5-11-16)17-12-6-3-7-13-18(17)24-21;/h2,4-5,10-11H,3,6-9,12-15H2,1H3,(H,25,26,27,28);1H. The molecule has 146 valence electrons. The molecule has 3 aromatic rings. The number of aromatic amines is 1. The lowest BCUT2D eigenvalue weighted by atomic mass is 9.78. The zero-order valence-electron chi connectivity index (χ0n) is 16.5. The highest BCUT2D eigenvalue weighted by Crippen LogP contribution is 2.47. The minimum Gasteiger partial charge on any atom is -0.256 e. The number of tetrazole rings is 1. The number of pyridine rings is 1. The van der Waals surface area contributed by atoms with Crippen molar-refractivity contribution in [1.82, 2.24) is 25.6 Å². The van der Waals surface area contributed by atoms with E-state index in [-0.39, 0.29) is 6.84 Å². The Morgan fingerprint density at radius 3 is 2.46 bits per heavy atom. The third kappa shape index (κ3) is 2.93. The molecule has 1 fully saturated rings. The van der Waals surface area contributed by atoms with Gasteiger partial charge in [-0.05, 0) is 60.4 Å². The number of aromatic nitrogens is 5. The Hall–Kier alpha value is -2.56. The van der Waals surface area contributed by atoms with E-state index in [0.717, 1.165) is 18.4 Å². The van der Waals surface area contributed by atoms with E-state index in [4.69, 9.17) is 4.98 Å². The van der Waals surface area contributed by atoms with Crippen molar-refractivity contribution in [3.63, 3.8) is 0 Å². The van der Waals surface area contributed by atoms with E-state index in [1.165, 1.54) is 73.0 Å². The average Bonchev–Trinajstić information content (AvgIpc) is 3.35. The maximum atomic E-state index is 5.35. The molecule has 2 heterocycles. The van der Waals surface area contributed by atoms with E-state index in [2.05, 4.69) is 57.9 Å². The van der Waals surface area contributed by atoms with Crippen LogP contribution in [-0.4, -0.2) is 25.6 Å². The van der Waals surface area contributed by atoms with E-state index >= 15 is 0 Å². The summed E-state index contributed by atoms with van der Waals surface area (Å²) in [6, 6.07) is 10.7. The van der Waals surface area contributed by atoms with Gasteiger partial charge in [-0.1, -0.05) is 56.5 Å². The molecule has 0 atom stereocenters. The zero-order valence-corrected chi connectivity index (χ0v) is 16.5. The quantitative estimate of drug-likeness (QED) is 0.633. The monoisotopic (exact) mass is 375 g/mol. The van der Waals surface area contributed by atoms with E-state index in [1.54, 1.807) is 0 Å². The lowest BCUT2D eigenvalue weighted by Gasteiger charge is -2.29. The molecule has 0 spiro atoms. The Morgan fingerprint density at radius 2 is 1.71 bits per heavy atom. The number of rotatable bonds is 3. The van der Waals surface area contributed by atoms with Crippen molar-refractivity contribution < 1.29 is 1.43 Å². The Bertz CT molecular complexity index is 963. The fourth-order valence-electron chi connectivity index (χ4n) is 5.16. The van der Waals surface area contributed by atoms with Crippen molar-refractivity contribution >= 4 is 0 Å². The first kappa shape index (κ1) is 17.5. The number of fused-ring (bicyclic) bond motifs is 1. The van der Waals surface area contributed by atoms with Crippen LogP contribution in [-0.2, 0) is 18.3 Å². The van der Waals surface area contributed by atoms with Crippen molar-refractivity contribution in [3.8, 4) is 22.5 Å². The van der Waals surface area contributed by atoms with Crippen LogP contribution < -0.4 is 0 Å². The first-order chi connectivity index (χ1) is 13.8. The fourth-order valence-corrected chi connectivity index (χ4v) is 5.16. The van der Waals surface area contributed by atoms with Crippen LogP contribution >= 0.6 is 0 Å². The summed E-state index contributed by atoms with van der Waals surface area (Å²) < 4.78 is 0. The lowest BCUT2D eigenvalue weighted by molar-refractivity contribution is 0.475. The maximum Gasteiger partial charge on any atom is 0.207 e. The SMILES string of the molecule is CC1(c2nc3c(c(-c4ccccc4)c2-c2nn[nH]n2)CCCCC3)CCCC1.[HH]. The molecule has 0 aliphatic heterocycles. The van der Waals surface area contributed by atoms with Crippen molar-refractivity contribution in [2.45, 2.75) is 70.1 Å². The summed E-state index contributed by atoms with van der Waals surface area (Å²) >= 11 is 0. The van der Waals surface area contributed by atoms with Gasteiger partial charge in [-0.25, -0.2) is 0 Å². The Morgan fingerprint density at radius 1 is 0.929 bits per heavy atom. The molecule has 1 N–H and O–H groups in total. The molecule has 28 heavy (non-hydrogen) atoms. The second kappa shape index (κ2) is 7.12. The molecule has 5 nitrogen and oxygen atoms in total. The zero-order chi connectivity index (χ0) is 19.0. The molecule has 0 bridgehead atoms. The second-order valence-corrected chi connectivity index (χ2v) is 8.57. The molecule has 0 saturated heterocycles. The molecule has 5 rings (SSSR count). The van der Waals surface area contributed by atoms with Gasteiger partial charge in [-0.3, -0.25) is 4.98 Å². The number of aryl methyl sites for hydroxylation is 1. The molecule has 2 aromatic heterocycles. The maximum absolute atomic E-state index is 5.35. The van der Waals surface area contributed by atoms with Gasteiger partial charge < -0.3 is 0 Å². The van der Waals surface area contributed by atoms with Crippen molar-refractivity contribution in [3.05, 3.63) is 47.3 Å². The highest BCUT2D eigenvalue weighted by molar-refractivity contribution is 5.85. The van der Waals surface area contributed by atoms with Gasteiger partial charge in [0.1, 0.15) is 0 Å². The van der Waals surface area contributed by atoms with Gasteiger partial charge in [-0.15, -0.1) is 10.2 Å². The van der Waals surface area contributed by atoms with Crippen molar-refractivity contribution in [1.29, 1.82) is 0 Å². The highest BCUT2D eigenvalue weighted by atomic mass is 15.5. The van der Waals surface area contributed by atoms with E-state index in [9.17, 15) is 0 Å². The van der Waals surface area contributed by atoms with Gasteiger partial charge in [-0.2, -0.15) is 5.21 Å². The van der Waals surface area contributed by atoms with Gasteiger partial charge in [0.05, 0.1) is 11.3 Å². The number of hydrogen-bond acceptors (Lipinski definition) is 4. The third-order valence-corrected chi connectivity index (χ3v) is 6.63. The molecule has 1 aromatic carbocycles. The van der Waals surface area contributed by atoms with Crippen LogP contribution in [0.2, 0.25) is 0 Å². The van der Waals surface area contributed by atoms with Crippen LogP contribution in [0.15, 0.2) is 30.3 Å². The lowest BCUT2D eigenvalue weighted by Crippen LogP contribution is -2.22. The Labute approximate surface area is 167 Å². The van der Waals surface area contributed by atoms with Gasteiger partial charge in [0, 0.05) is 12.5 Å². The summed E-state index contributed by atoms with van der Waals surface area (Å²) in [5.74, 6) is 0.682. The fraction of sp³-hybridized carbons (Fsp3) is 0.478. The van der Waals surface area contributed by atoms with Gasteiger partial charge in [0.15, 0.2) is 0 Å². The van der Waals surface area contributed by atoms with Crippen LogP contribution in [0.3, 0.4) is 0 Å². The van der Waals surface area contributed by atoms with Crippen LogP contribution in [0.1, 0.15) is 70.2 Å². The molecule has 0 amide bonds. The minimum absolute atomic E-state index is 0. The molecule has 0 radical (unpaired) electrons. The van der Waals surface area contributed by atoms with Crippen molar-refractivity contribution in [2.75, 3.05) is 0 Å². The predicted molar refractivity (Wildman–Crippen MR) is 112 cm³/mol. The van der Waals surface area contributed by atoms with E-state index in [0.29, 0.717) is 5.82 Å². The first-order valence-corrected chi connectivity index (χ1v) is 10.6. The second-order valence-electron chi connectivity index (χ2n) is 8.57. The summed E-state index contributed by atoms with van der Waals surface area (Å²) in [5.41, 5.74) is 7.60. The van der Waals surface area contributed by atoms with Gasteiger partial charge in [0.25, 0.3) is 0 Å². The van der Waals surface area contributed by atoms with Gasteiger partial charge >= 0.3 is 0 Å². The number of H-pyrrole nitrogens is 1. The largest absolute Gasteiger partial charge is 0.256 e. The van der Waals surface area contributed by atoms with E-state index in [1.807, 2.05) is 0 Å². The minimum atomic E-state index is 0. The normalized spacial score (nSPS) is 18.6. The summed E-state index contributed by atoms with van der Waals surface area (Å²) in [4.78, 5) is 5.35. The molecule has 5 heteroatoms. The number of nitrogens with one attached hydrogen (secondary N) is 1. The topological polar surface area (TPSA) is 67.3 Å². The number of nitrogens with zero attached hydrogens (tertiary/aromatic N) is 4. The molecule has 2 aliphatic rings. The molecule has 0 unspecified atom stereocenters. The van der Waals surface area contributed by atoms with Crippen LogP contribution in [0.4, 0.5) is 0 Å².